The molecule has 4 rings (SSSR count). The number of amides is 1. The van der Waals surface area contributed by atoms with Gasteiger partial charge in [0.2, 0.25) is 5.91 Å². The highest BCUT2D eigenvalue weighted by Crippen LogP contribution is 2.46. The molecule has 0 aliphatic heterocycles. The minimum Gasteiger partial charge on any atom is -0.497 e. The second kappa shape index (κ2) is 20.0. The van der Waals surface area contributed by atoms with E-state index in [4.69, 9.17) is 23.3 Å². The third-order valence-electron chi connectivity index (χ3n) is 8.59. The maximum atomic E-state index is 13.7. The monoisotopic (exact) mass is 759 g/mol. The summed E-state index contributed by atoms with van der Waals surface area (Å²) in [5, 5.41) is 12.2. The molecule has 288 valence electrons. The number of aryl methyl sites for hydroxylation is 1. The highest BCUT2D eigenvalue weighted by Gasteiger charge is 2.39. The van der Waals surface area contributed by atoms with Gasteiger partial charge in [0.15, 0.2) is 0 Å². The van der Waals surface area contributed by atoms with E-state index in [2.05, 4.69) is 21.0 Å². The van der Waals surface area contributed by atoms with E-state index in [0.717, 1.165) is 21.3 Å². The van der Waals surface area contributed by atoms with Crippen LogP contribution < -0.4 is 26.0 Å². The van der Waals surface area contributed by atoms with E-state index in [1.165, 1.54) is 6.20 Å². The summed E-state index contributed by atoms with van der Waals surface area (Å²) in [6.07, 6.45) is 1.54. The van der Waals surface area contributed by atoms with E-state index in [1.54, 1.807) is 21.1 Å². The fourth-order valence-corrected chi connectivity index (χ4v) is 7.71. The quantitative estimate of drug-likeness (QED) is 0.0656. The SMILES string of the molecule is COc1ccc(C(OC[C@H](COP(OCCC#N)N(C(C)C)C(C)C)NC(=O)Cn2cc(C)c(=O)[nH]c2=O)(c2ccccc2)c2ccc(OC)cc2)cc1. The molecule has 13 nitrogen and oxygen atoms in total. The molecule has 0 bridgehead atoms. The molecular weight excluding hydrogens is 709 g/mol. The summed E-state index contributed by atoms with van der Waals surface area (Å²) >= 11 is 0. The van der Waals surface area contributed by atoms with Gasteiger partial charge < -0.3 is 28.6 Å². The molecule has 1 heterocycles. The molecule has 0 radical (unpaired) electrons. The molecule has 2 atom stereocenters. The second-order valence-corrected chi connectivity index (χ2v) is 14.6. The van der Waals surface area contributed by atoms with Crippen LogP contribution in [0.4, 0.5) is 0 Å². The van der Waals surface area contributed by atoms with Crippen LogP contribution in [0.15, 0.2) is 94.6 Å². The van der Waals surface area contributed by atoms with Crippen molar-refractivity contribution >= 4 is 14.4 Å². The first-order valence-corrected chi connectivity index (χ1v) is 18.9. The van der Waals surface area contributed by atoms with Crippen LogP contribution in [-0.4, -0.2) is 72.3 Å². The highest BCUT2D eigenvalue weighted by molar-refractivity contribution is 7.44. The van der Waals surface area contributed by atoms with Gasteiger partial charge in [0, 0.05) is 23.8 Å². The summed E-state index contributed by atoms with van der Waals surface area (Å²) in [4.78, 5) is 40.5. The van der Waals surface area contributed by atoms with Gasteiger partial charge in [-0.3, -0.25) is 19.1 Å². The average molecular weight is 760 g/mol. The number of aromatic nitrogens is 2. The number of aromatic amines is 1. The molecule has 3 aromatic carbocycles. The van der Waals surface area contributed by atoms with Gasteiger partial charge in [-0.05, 0) is 75.6 Å². The number of nitrogens with zero attached hydrogens (tertiary/aromatic N) is 3. The molecule has 1 aromatic heterocycles. The molecule has 0 saturated heterocycles. The number of nitrogens with one attached hydrogen (secondary N) is 2. The summed E-state index contributed by atoms with van der Waals surface area (Å²) in [7, 11) is 1.55. The van der Waals surface area contributed by atoms with E-state index < -0.39 is 37.3 Å². The molecule has 1 unspecified atom stereocenters. The molecule has 0 aliphatic rings. The Bertz CT molecular complexity index is 1890. The van der Waals surface area contributed by atoms with Crippen molar-refractivity contribution in [2.45, 2.75) is 71.3 Å². The third-order valence-corrected chi connectivity index (χ3v) is 10.7. The minimum absolute atomic E-state index is 0.0322. The Kier molecular flexibility index (Phi) is 15.5. The zero-order chi connectivity index (χ0) is 39.3. The van der Waals surface area contributed by atoms with E-state index in [0.29, 0.717) is 17.1 Å². The van der Waals surface area contributed by atoms with E-state index in [-0.39, 0.29) is 44.9 Å². The number of benzene rings is 3. The van der Waals surface area contributed by atoms with Crippen LogP contribution in [0.2, 0.25) is 0 Å². The van der Waals surface area contributed by atoms with Crippen molar-refractivity contribution in [1.82, 2.24) is 19.5 Å². The Morgan fingerprint density at radius 2 is 1.43 bits per heavy atom. The Labute approximate surface area is 317 Å². The van der Waals surface area contributed by atoms with Crippen LogP contribution in [0, 0.1) is 18.3 Å². The van der Waals surface area contributed by atoms with E-state index in [1.807, 2.05) is 107 Å². The van der Waals surface area contributed by atoms with Crippen LogP contribution in [-0.2, 0) is 30.7 Å². The van der Waals surface area contributed by atoms with Crippen molar-refractivity contribution in [3.8, 4) is 17.6 Å². The first kappa shape index (κ1) is 41.9. The lowest BCUT2D eigenvalue weighted by molar-refractivity contribution is -0.123. The van der Waals surface area contributed by atoms with E-state index >= 15 is 0 Å². The fraction of sp³-hybridized carbons (Fsp3) is 0.400. The Balaban J connectivity index is 1.78. The standard InChI is InChI=1S/C40H50N5O8P/c1-28(2)45(29(3)4)54(52-23-11-22-41)53-27-34(42-37(46)25-44-24-30(5)38(47)43-39(44)48)26-51-40(31-12-9-8-10-13-31,32-14-18-35(49-6)19-15-32)33-16-20-36(50-7)21-17-33/h8-10,12-21,24,28-29,34H,11,23,25-27H2,1-7H3,(H,42,46)(H,43,47,48)/t34-,54?/m1/s1. The van der Waals surface area contributed by atoms with Gasteiger partial charge in [-0.1, -0.05) is 54.6 Å². The Morgan fingerprint density at radius 1 is 0.870 bits per heavy atom. The molecule has 0 spiro atoms. The van der Waals surface area contributed by atoms with Crippen LogP contribution in [0.5, 0.6) is 11.5 Å². The molecule has 0 saturated carbocycles. The molecule has 0 fully saturated rings. The van der Waals surface area contributed by atoms with Gasteiger partial charge in [0.1, 0.15) is 23.6 Å². The van der Waals surface area contributed by atoms with Gasteiger partial charge >= 0.3 is 5.69 Å². The van der Waals surface area contributed by atoms with Gasteiger partial charge in [0.05, 0.1) is 52.6 Å². The molecule has 0 aliphatic carbocycles. The van der Waals surface area contributed by atoms with Crippen LogP contribution in [0.3, 0.4) is 0 Å². The predicted molar refractivity (Wildman–Crippen MR) is 207 cm³/mol. The smallest absolute Gasteiger partial charge is 0.328 e. The van der Waals surface area contributed by atoms with Gasteiger partial charge in [-0.2, -0.15) is 5.26 Å². The highest BCUT2D eigenvalue weighted by atomic mass is 31.2. The largest absolute Gasteiger partial charge is 0.497 e. The number of rotatable bonds is 20. The predicted octanol–water partition coefficient (Wildman–Crippen LogP) is 5.65. The summed E-state index contributed by atoms with van der Waals surface area (Å²) in [5.74, 6) is 0.844. The van der Waals surface area contributed by atoms with Crippen molar-refractivity contribution in [1.29, 1.82) is 5.26 Å². The number of H-pyrrole nitrogens is 1. The third kappa shape index (κ3) is 10.6. The maximum absolute atomic E-state index is 13.7. The number of hydrogen-bond acceptors (Lipinski definition) is 10. The maximum Gasteiger partial charge on any atom is 0.328 e. The van der Waals surface area contributed by atoms with Crippen molar-refractivity contribution in [3.05, 3.63) is 128 Å². The number of hydrogen-bond donors (Lipinski definition) is 2. The number of carbonyl (C=O) groups excluding carboxylic acids is 1. The van der Waals surface area contributed by atoms with Crippen molar-refractivity contribution in [2.75, 3.05) is 34.0 Å². The zero-order valence-corrected chi connectivity index (χ0v) is 32.8. The van der Waals surface area contributed by atoms with Gasteiger partial charge in [-0.25, -0.2) is 9.46 Å². The molecule has 14 heteroatoms. The van der Waals surface area contributed by atoms with E-state index in [9.17, 15) is 19.6 Å². The van der Waals surface area contributed by atoms with Gasteiger partial charge in [0.25, 0.3) is 14.1 Å². The second-order valence-electron chi connectivity index (χ2n) is 13.1. The number of nitriles is 1. The normalized spacial score (nSPS) is 12.8. The van der Waals surface area contributed by atoms with Crippen LogP contribution in [0.1, 0.15) is 56.4 Å². The average Bonchev–Trinajstić information content (AvgIpc) is 3.16. The van der Waals surface area contributed by atoms with Crippen molar-refractivity contribution in [2.24, 2.45) is 0 Å². The summed E-state index contributed by atoms with van der Waals surface area (Å²) in [5.41, 5.74) is 0.309. The van der Waals surface area contributed by atoms with Crippen LogP contribution in [0.25, 0.3) is 0 Å². The minimum atomic E-state index is -1.66. The molecule has 4 aromatic rings. The molecule has 2 N–H and O–H groups in total. The molecule has 54 heavy (non-hydrogen) atoms. The lowest BCUT2D eigenvalue weighted by Gasteiger charge is -2.38. The summed E-state index contributed by atoms with van der Waals surface area (Å²) in [6.45, 7) is 9.44. The fourth-order valence-electron chi connectivity index (χ4n) is 6.06. The summed E-state index contributed by atoms with van der Waals surface area (Å²) in [6, 6.07) is 26.4. The first-order valence-electron chi connectivity index (χ1n) is 17.7. The molecule has 1 amide bonds. The van der Waals surface area contributed by atoms with Crippen molar-refractivity contribution in [3.63, 3.8) is 0 Å². The van der Waals surface area contributed by atoms with Crippen molar-refractivity contribution < 1.29 is 28.1 Å². The van der Waals surface area contributed by atoms with Gasteiger partial charge in [-0.15, -0.1) is 0 Å². The topological polar surface area (TPSA) is 157 Å². The number of carbonyl (C=O) groups is 1. The number of ether oxygens (including phenoxy) is 3. The lowest BCUT2D eigenvalue weighted by Crippen LogP contribution is -2.47. The Morgan fingerprint density at radius 3 is 1.94 bits per heavy atom. The first-order chi connectivity index (χ1) is 25.9. The summed E-state index contributed by atoms with van der Waals surface area (Å²) < 4.78 is 34.0. The van der Waals surface area contributed by atoms with Crippen LogP contribution >= 0.6 is 8.53 Å². The number of methoxy groups -OCH3 is 2. The molecular formula is C40H50N5O8P. The lowest BCUT2D eigenvalue weighted by atomic mass is 9.80. The Hall–Kier alpha value is -4.83. The zero-order valence-electron chi connectivity index (χ0n) is 31.9.